The van der Waals surface area contributed by atoms with Crippen LogP contribution in [0.3, 0.4) is 0 Å². The Labute approximate surface area is 106 Å². The van der Waals surface area contributed by atoms with E-state index in [9.17, 15) is 0 Å². The van der Waals surface area contributed by atoms with E-state index in [-0.39, 0.29) is 0 Å². The van der Waals surface area contributed by atoms with E-state index in [1.165, 1.54) is 19.3 Å². The van der Waals surface area contributed by atoms with Gasteiger partial charge in [0.05, 0.1) is 12.7 Å². The Morgan fingerprint density at radius 1 is 1.35 bits per heavy atom. The van der Waals surface area contributed by atoms with Gasteiger partial charge in [-0.05, 0) is 25.7 Å². The number of hydrogen-bond acceptors (Lipinski definition) is 1. The Morgan fingerprint density at radius 2 is 2.18 bits per heavy atom. The van der Waals surface area contributed by atoms with Gasteiger partial charge in [0.1, 0.15) is 0 Å². The normalized spacial score (nSPS) is 29.4. The minimum atomic E-state index is 0.347. The number of hydrogen-bond donors (Lipinski definition) is 0. The summed E-state index contributed by atoms with van der Waals surface area (Å²) in [6, 6.07) is 0. The first-order valence-electron chi connectivity index (χ1n) is 6.85. The minimum Gasteiger partial charge on any atom is -0.378 e. The van der Waals surface area contributed by atoms with Crippen LogP contribution < -0.4 is 0 Å². The van der Waals surface area contributed by atoms with Gasteiger partial charge in [0.2, 0.25) is 0 Å². The highest BCUT2D eigenvalue weighted by atomic mass is 16.5. The van der Waals surface area contributed by atoms with E-state index >= 15 is 0 Å². The van der Waals surface area contributed by atoms with Crippen molar-refractivity contribution >= 4 is 0 Å². The second-order valence-corrected chi connectivity index (χ2v) is 4.86. The van der Waals surface area contributed by atoms with E-state index < -0.39 is 0 Å². The monoisotopic (exact) mass is 234 g/mol. The van der Waals surface area contributed by atoms with Crippen LogP contribution in [0.15, 0.2) is 37.0 Å². The molecule has 0 aliphatic carbocycles. The molecule has 1 rings (SSSR count). The molecular formula is C16H26O. The van der Waals surface area contributed by atoms with Gasteiger partial charge in [-0.25, -0.2) is 0 Å². The van der Waals surface area contributed by atoms with Gasteiger partial charge in [0.25, 0.3) is 0 Å². The molecule has 1 aliphatic heterocycles. The largest absolute Gasteiger partial charge is 0.378 e. The summed E-state index contributed by atoms with van der Waals surface area (Å²) in [5.74, 6) is 1.16. The molecule has 3 unspecified atom stereocenters. The molecule has 0 aromatic carbocycles. The molecule has 0 aromatic rings. The summed E-state index contributed by atoms with van der Waals surface area (Å²) in [6.45, 7) is 9.09. The van der Waals surface area contributed by atoms with E-state index in [1.54, 1.807) is 0 Å². The second-order valence-electron chi connectivity index (χ2n) is 4.86. The second kappa shape index (κ2) is 8.30. The number of ether oxygens (including phenoxy) is 1. The third kappa shape index (κ3) is 4.91. The predicted octanol–water partition coefficient (Wildman–Crippen LogP) is 4.52. The molecule has 0 N–H and O–H groups in total. The molecule has 0 bridgehead atoms. The Morgan fingerprint density at radius 3 is 2.88 bits per heavy atom. The Balaban J connectivity index is 2.38. The topological polar surface area (TPSA) is 9.23 Å². The van der Waals surface area contributed by atoms with Crippen LogP contribution in [0, 0.1) is 11.8 Å². The van der Waals surface area contributed by atoms with Crippen molar-refractivity contribution in [1.29, 1.82) is 0 Å². The molecule has 0 aromatic heterocycles. The van der Waals surface area contributed by atoms with Crippen molar-refractivity contribution in [3.63, 3.8) is 0 Å². The van der Waals surface area contributed by atoms with Crippen molar-refractivity contribution < 1.29 is 4.74 Å². The third-order valence-electron chi connectivity index (χ3n) is 3.43. The van der Waals surface area contributed by atoms with Gasteiger partial charge >= 0.3 is 0 Å². The molecule has 1 heterocycles. The Hall–Kier alpha value is -0.820. The Bertz CT molecular complexity index is 265. The zero-order valence-corrected chi connectivity index (χ0v) is 11.3. The lowest BCUT2D eigenvalue weighted by molar-refractivity contribution is 0.112. The molecule has 0 saturated carbocycles. The van der Waals surface area contributed by atoms with Crippen molar-refractivity contribution in [2.75, 3.05) is 6.61 Å². The standard InChI is InChI=1S/C16H26O/c1-4-6-7-8-9-10-12-16-14(3)17-13-15(16)11-5-2/h5,8-10,12,14-16H,2,4,6-7,11,13H2,1,3H3/b9-8+,12-10+. The van der Waals surface area contributed by atoms with Crippen molar-refractivity contribution in [3.8, 4) is 0 Å². The van der Waals surface area contributed by atoms with Crippen LogP contribution in [-0.2, 0) is 4.74 Å². The average Bonchev–Trinajstić information content (AvgIpc) is 2.66. The summed E-state index contributed by atoms with van der Waals surface area (Å²) >= 11 is 0. The van der Waals surface area contributed by atoms with Gasteiger partial charge in [-0.2, -0.15) is 0 Å². The van der Waals surface area contributed by atoms with Gasteiger partial charge in [0.15, 0.2) is 0 Å². The summed E-state index contributed by atoms with van der Waals surface area (Å²) in [4.78, 5) is 0. The van der Waals surface area contributed by atoms with Crippen LogP contribution in [0.2, 0.25) is 0 Å². The predicted molar refractivity (Wildman–Crippen MR) is 75.0 cm³/mol. The summed E-state index contributed by atoms with van der Waals surface area (Å²) in [7, 11) is 0. The van der Waals surface area contributed by atoms with Crippen LogP contribution >= 0.6 is 0 Å². The summed E-state index contributed by atoms with van der Waals surface area (Å²) in [5.41, 5.74) is 0. The molecule has 0 radical (unpaired) electrons. The highest BCUT2D eigenvalue weighted by Gasteiger charge is 2.31. The first kappa shape index (κ1) is 14.2. The van der Waals surface area contributed by atoms with Crippen LogP contribution in [-0.4, -0.2) is 12.7 Å². The maximum Gasteiger partial charge on any atom is 0.0613 e. The third-order valence-corrected chi connectivity index (χ3v) is 3.43. The fourth-order valence-electron chi connectivity index (χ4n) is 2.32. The van der Waals surface area contributed by atoms with E-state index in [0.29, 0.717) is 17.9 Å². The molecule has 96 valence electrons. The first-order chi connectivity index (χ1) is 8.29. The lowest BCUT2D eigenvalue weighted by Gasteiger charge is -2.14. The van der Waals surface area contributed by atoms with Crippen LogP contribution in [0.4, 0.5) is 0 Å². The molecule has 17 heavy (non-hydrogen) atoms. The smallest absolute Gasteiger partial charge is 0.0613 e. The molecular weight excluding hydrogens is 208 g/mol. The molecule has 1 heteroatoms. The highest BCUT2D eigenvalue weighted by Crippen LogP contribution is 2.30. The fourth-order valence-corrected chi connectivity index (χ4v) is 2.32. The Kier molecular flexibility index (Phi) is 6.95. The average molecular weight is 234 g/mol. The lowest BCUT2D eigenvalue weighted by Crippen LogP contribution is -2.14. The first-order valence-corrected chi connectivity index (χ1v) is 6.85. The quantitative estimate of drug-likeness (QED) is 0.357. The lowest BCUT2D eigenvalue weighted by atomic mass is 9.88. The van der Waals surface area contributed by atoms with Crippen LogP contribution in [0.5, 0.6) is 0 Å². The van der Waals surface area contributed by atoms with Crippen LogP contribution in [0.1, 0.15) is 39.5 Å². The molecule has 0 spiro atoms. The molecule has 1 nitrogen and oxygen atoms in total. The van der Waals surface area contributed by atoms with Crippen molar-refractivity contribution in [1.82, 2.24) is 0 Å². The summed E-state index contributed by atoms with van der Waals surface area (Å²) < 4.78 is 5.70. The van der Waals surface area contributed by atoms with E-state index in [1.807, 2.05) is 6.08 Å². The molecule has 1 aliphatic rings. The maximum atomic E-state index is 5.70. The summed E-state index contributed by atoms with van der Waals surface area (Å²) in [6.07, 6.45) is 16.1. The zero-order valence-electron chi connectivity index (χ0n) is 11.3. The van der Waals surface area contributed by atoms with Gasteiger partial charge in [-0.15, -0.1) is 6.58 Å². The maximum absolute atomic E-state index is 5.70. The highest BCUT2D eigenvalue weighted by molar-refractivity contribution is 5.08. The van der Waals surface area contributed by atoms with Crippen molar-refractivity contribution in [2.45, 2.75) is 45.6 Å². The SMILES string of the molecule is C=CCC1COC(C)C1/C=C/C=C/CCCC. The van der Waals surface area contributed by atoms with Gasteiger partial charge in [-0.1, -0.05) is 50.1 Å². The fraction of sp³-hybridized carbons (Fsp3) is 0.625. The minimum absolute atomic E-state index is 0.347. The number of allylic oxidation sites excluding steroid dienone is 4. The van der Waals surface area contributed by atoms with Crippen molar-refractivity contribution in [2.24, 2.45) is 11.8 Å². The van der Waals surface area contributed by atoms with Gasteiger partial charge in [0, 0.05) is 5.92 Å². The molecule has 3 atom stereocenters. The number of rotatable bonds is 7. The molecule has 1 fully saturated rings. The van der Waals surface area contributed by atoms with E-state index in [0.717, 1.165) is 13.0 Å². The van der Waals surface area contributed by atoms with E-state index in [2.05, 4.69) is 44.7 Å². The van der Waals surface area contributed by atoms with E-state index in [4.69, 9.17) is 4.74 Å². The summed E-state index contributed by atoms with van der Waals surface area (Å²) in [5, 5.41) is 0. The molecule has 0 amide bonds. The van der Waals surface area contributed by atoms with Crippen molar-refractivity contribution in [3.05, 3.63) is 37.0 Å². The number of unbranched alkanes of at least 4 members (excludes halogenated alkanes) is 2. The zero-order chi connectivity index (χ0) is 12.5. The van der Waals surface area contributed by atoms with Crippen LogP contribution in [0.25, 0.3) is 0 Å². The van der Waals surface area contributed by atoms with Gasteiger partial charge in [-0.3, -0.25) is 0 Å². The molecule has 1 saturated heterocycles. The van der Waals surface area contributed by atoms with Gasteiger partial charge < -0.3 is 4.74 Å².